The van der Waals surface area contributed by atoms with Crippen LogP contribution in [0.2, 0.25) is 0 Å². The first kappa shape index (κ1) is 21.0. The molecule has 0 unspecified atom stereocenters. The van der Waals surface area contributed by atoms with Crippen molar-refractivity contribution in [1.82, 2.24) is 5.32 Å². The Hall–Kier alpha value is -0.0400. The maximum absolute atomic E-state index is 3.40. The van der Waals surface area contributed by atoms with Gasteiger partial charge in [0.1, 0.15) is 0 Å². The largest absolute Gasteiger partial charge is 0.312 e. The Bertz CT molecular complexity index is 149. The fraction of sp³-hybridized carbons (Fsp3) is 0.950. The Kier molecular flexibility index (Phi) is 19.9. The molecular weight excluding hydrogens is 254 g/mol. The summed E-state index contributed by atoms with van der Waals surface area (Å²) >= 11 is 0. The summed E-state index contributed by atoms with van der Waals surface area (Å²) < 4.78 is 0. The minimum Gasteiger partial charge on any atom is -0.312 e. The second-order valence-corrected chi connectivity index (χ2v) is 6.54. The van der Waals surface area contributed by atoms with Gasteiger partial charge in [-0.05, 0) is 19.4 Å². The lowest BCUT2D eigenvalue weighted by Crippen LogP contribution is -2.10. The van der Waals surface area contributed by atoms with Crippen LogP contribution in [0.25, 0.3) is 0 Å². The van der Waals surface area contributed by atoms with Crippen LogP contribution in [-0.2, 0) is 0 Å². The van der Waals surface area contributed by atoms with Gasteiger partial charge in [-0.3, -0.25) is 0 Å². The van der Waals surface area contributed by atoms with Crippen LogP contribution >= 0.6 is 0 Å². The molecule has 1 nitrogen and oxygen atoms in total. The van der Waals surface area contributed by atoms with Gasteiger partial charge in [0, 0.05) is 6.54 Å². The highest BCUT2D eigenvalue weighted by Crippen LogP contribution is 2.12. The molecule has 0 aromatic carbocycles. The normalized spacial score (nSPS) is 11.1. The third-order valence-corrected chi connectivity index (χ3v) is 4.27. The summed E-state index contributed by atoms with van der Waals surface area (Å²) in [5, 5.41) is 3.40. The van der Waals surface area contributed by atoms with Gasteiger partial charge in [0.05, 0.1) is 0 Å². The maximum Gasteiger partial charge on any atom is 0.0221 e. The Morgan fingerprint density at radius 3 is 1.43 bits per heavy atom. The monoisotopic (exact) mass is 296 g/mol. The van der Waals surface area contributed by atoms with Crippen LogP contribution in [-0.4, -0.2) is 6.54 Å². The molecule has 0 aliphatic carbocycles. The third-order valence-electron chi connectivity index (χ3n) is 4.27. The lowest BCUT2D eigenvalue weighted by Gasteiger charge is -2.04. The van der Waals surface area contributed by atoms with Gasteiger partial charge >= 0.3 is 0 Å². The molecule has 1 radical (unpaired) electrons. The van der Waals surface area contributed by atoms with Crippen molar-refractivity contribution >= 4 is 0 Å². The van der Waals surface area contributed by atoms with E-state index in [0.29, 0.717) is 0 Å². The molecule has 0 fully saturated rings. The summed E-state index contributed by atoms with van der Waals surface area (Å²) in [4.78, 5) is 0. The molecule has 0 aliphatic heterocycles. The fourth-order valence-electron chi connectivity index (χ4n) is 2.75. The molecule has 0 amide bonds. The number of hydrogen-bond donors (Lipinski definition) is 1. The van der Waals surface area contributed by atoms with Gasteiger partial charge in [-0.1, -0.05) is 104 Å². The Balaban J connectivity index is 2.90. The van der Waals surface area contributed by atoms with Crippen LogP contribution in [0.3, 0.4) is 0 Å². The van der Waals surface area contributed by atoms with E-state index in [-0.39, 0.29) is 0 Å². The highest BCUT2D eigenvalue weighted by atomic mass is 14.8. The fourth-order valence-corrected chi connectivity index (χ4v) is 2.75. The van der Waals surface area contributed by atoms with E-state index in [1.54, 1.807) is 0 Å². The average Bonchev–Trinajstić information content (AvgIpc) is 2.50. The molecule has 0 saturated carbocycles. The molecular formula is C20H42N. The van der Waals surface area contributed by atoms with Gasteiger partial charge in [0.25, 0.3) is 0 Å². The molecule has 0 rings (SSSR count). The SMILES string of the molecule is CCCCCCCCCCCCCCC[CH]NCCCC. The van der Waals surface area contributed by atoms with E-state index in [4.69, 9.17) is 0 Å². The quantitative estimate of drug-likeness (QED) is 0.268. The standard InChI is InChI=1S/C20H42N/c1-3-5-7-8-9-10-11-12-13-14-15-16-17-18-20-21-19-6-4-2/h20-21H,3-19H2,1-2H3. The zero-order valence-electron chi connectivity index (χ0n) is 15.1. The minimum atomic E-state index is 1.16. The summed E-state index contributed by atoms with van der Waals surface area (Å²) in [6.45, 7) is 7.97. The second kappa shape index (κ2) is 20.0. The van der Waals surface area contributed by atoms with Crippen molar-refractivity contribution in [2.75, 3.05) is 6.54 Å². The predicted molar refractivity (Wildman–Crippen MR) is 97.5 cm³/mol. The van der Waals surface area contributed by atoms with Crippen molar-refractivity contribution in [2.45, 2.75) is 117 Å². The van der Waals surface area contributed by atoms with Gasteiger partial charge in [-0.15, -0.1) is 0 Å². The first-order valence-corrected chi connectivity index (χ1v) is 9.96. The van der Waals surface area contributed by atoms with Gasteiger partial charge < -0.3 is 5.32 Å². The molecule has 0 aromatic heterocycles. The van der Waals surface area contributed by atoms with E-state index in [2.05, 4.69) is 25.7 Å². The molecule has 0 atom stereocenters. The lowest BCUT2D eigenvalue weighted by atomic mass is 10.0. The van der Waals surface area contributed by atoms with Crippen LogP contribution < -0.4 is 5.32 Å². The molecule has 0 bridgehead atoms. The molecule has 1 N–H and O–H groups in total. The Morgan fingerprint density at radius 1 is 0.524 bits per heavy atom. The molecule has 0 saturated heterocycles. The zero-order chi connectivity index (χ0) is 15.4. The first-order chi connectivity index (χ1) is 10.4. The van der Waals surface area contributed by atoms with Crippen LogP contribution in [0.5, 0.6) is 0 Å². The van der Waals surface area contributed by atoms with Crippen LogP contribution in [0.15, 0.2) is 0 Å². The third kappa shape index (κ3) is 20.0. The lowest BCUT2D eigenvalue weighted by molar-refractivity contribution is 0.536. The molecule has 0 aromatic rings. The van der Waals surface area contributed by atoms with E-state index < -0.39 is 0 Å². The second-order valence-electron chi connectivity index (χ2n) is 6.54. The molecule has 0 heterocycles. The summed E-state index contributed by atoms with van der Waals surface area (Å²) in [6.07, 6.45) is 22.6. The van der Waals surface area contributed by atoms with E-state index >= 15 is 0 Å². The van der Waals surface area contributed by atoms with E-state index in [1.807, 2.05) is 0 Å². The number of nitrogens with one attached hydrogen (secondary N) is 1. The van der Waals surface area contributed by atoms with Crippen molar-refractivity contribution in [3.8, 4) is 0 Å². The number of unbranched alkanes of at least 4 members (excludes halogenated alkanes) is 14. The summed E-state index contributed by atoms with van der Waals surface area (Å²) in [5.74, 6) is 0. The molecule has 0 aliphatic rings. The zero-order valence-corrected chi connectivity index (χ0v) is 15.1. The summed E-state index contributed by atoms with van der Waals surface area (Å²) in [6, 6.07) is 0. The average molecular weight is 297 g/mol. The highest BCUT2D eigenvalue weighted by molar-refractivity contribution is 4.61. The minimum absolute atomic E-state index is 1.16. The Morgan fingerprint density at radius 2 is 0.952 bits per heavy atom. The smallest absolute Gasteiger partial charge is 0.0221 e. The summed E-state index contributed by atoms with van der Waals surface area (Å²) in [5.41, 5.74) is 0. The van der Waals surface area contributed by atoms with E-state index in [0.717, 1.165) is 6.54 Å². The van der Waals surface area contributed by atoms with Gasteiger partial charge in [-0.2, -0.15) is 0 Å². The molecule has 21 heavy (non-hydrogen) atoms. The topological polar surface area (TPSA) is 12.0 Å². The van der Waals surface area contributed by atoms with E-state index in [1.165, 1.54) is 103 Å². The van der Waals surface area contributed by atoms with Gasteiger partial charge in [-0.25, -0.2) is 0 Å². The number of rotatable bonds is 18. The van der Waals surface area contributed by atoms with Crippen molar-refractivity contribution in [3.63, 3.8) is 0 Å². The van der Waals surface area contributed by atoms with Gasteiger partial charge in [0.2, 0.25) is 0 Å². The van der Waals surface area contributed by atoms with Crippen LogP contribution in [0, 0.1) is 6.54 Å². The molecule has 1 heteroatoms. The van der Waals surface area contributed by atoms with Gasteiger partial charge in [0.15, 0.2) is 0 Å². The van der Waals surface area contributed by atoms with E-state index in [9.17, 15) is 0 Å². The van der Waals surface area contributed by atoms with Crippen molar-refractivity contribution in [1.29, 1.82) is 0 Å². The van der Waals surface area contributed by atoms with Crippen molar-refractivity contribution in [3.05, 3.63) is 6.54 Å². The molecule has 0 spiro atoms. The predicted octanol–water partition coefficient (Wildman–Crippen LogP) is 7.02. The summed E-state index contributed by atoms with van der Waals surface area (Å²) in [7, 11) is 0. The number of hydrogen-bond acceptors (Lipinski definition) is 1. The van der Waals surface area contributed by atoms with Crippen molar-refractivity contribution < 1.29 is 0 Å². The Labute approximate surface area is 135 Å². The maximum atomic E-state index is 3.40. The first-order valence-electron chi connectivity index (χ1n) is 9.96. The molecule has 127 valence electrons. The van der Waals surface area contributed by atoms with Crippen LogP contribution in [0.1, 0.15) is 117 Å². The van der Waals surface area contributed by atoms with Crippen molar-refractivity contribution in [2.24, 2.45) is 0 Å². The van der Waals surface area contributed by atoms with Crippen LogP contribution in [0.4, 0.5) is 0 Å². The highest BCUT2D eigenvalue weighted by Gasteiger charge is 1.94.